The molecule has 1 saturated heterocycles. The van der Waals surface area contributed by atoms with Crippen LogP contribution in [0.25, 0.3) is 0 Å². The SMILES string of the molecule is CS/C([C]SC(C)(C)C)=C(/O)N1CCCCC1. The number of hydrogen-bond donors (Lipinski definition) is 1. The van der Waals surface area contributed by atoms with Crippen LogP contribution in [0.15, 0.2) is 10.8 Å². The van der Waals surface area contributed by atoms with Gasteiger partial charge in [0, 0.05) is 17.8 Å². The Hall–Kier alpha value is 0.0400. The molecule has 1 N–H and O–H groups in total. The number of aliphatic hydroxyl groups excluding tert-OH is 1. The van der Waals surface area contributed by atoms with Crippen LogP contribution in [0, 0.1) is 5.75 Å². The fourth-order valence-corrected chi connectivity index (χ4v) is 2.89. The van der Waals surface area contributed by atoms with Crippen LogP contribution in [0.5, 0.6) is 0 Å². The summed E-state index contributed by atoms with van der Waals surface area (Å²) in [4.78, 5) is 2.94. The van der Waals surface area contributed by atoms with Crippen LogP contribution in [-0.2, 0) is 0 Å². The molecular weight excluding hydrogens is 250 g/mol. The van der Waals surface area contributed by atoms with E-state index in [0.717, 1.165) is 18.0 Å². The van der Waals surface area contributed by atoms with Gasteiger partial charge in [-0.15, -0.1) is 23.5 Å². The molecule has 0 amide bonds. The van der Waals surface area contributed by atoms with Crippen molar-refractivity contribution >= 4 is 23.5 Å². The number of aliphatic hydroxyl groups is 1. The Kier molecular flexibility index (Phi) is 6.07. The number of likely N-dealkylation sites (tertiary alicyclic amines) is 1. The van der Waals surface area contributed by atoms with Gasteiger partial charge in [0.1, 0.15) is 0 Å². The maximum Gasteiger partial charge on any atom is 0.198 e. The smallest absolute Gasteiger partial charge is 0.198 e. The fourth-order valence-electron chi connectivity index (χ4n) is 1.63. The molecule has 4 heteroatoms. The normalized spacial score (nSPS) is 19.2. The third-order valence-electron chi connectivity index (χ3n) is 2.51. The minimum absolute atomic E-state index is 0.142. The molecule has 0 saturated carbocycles. The Morgan fingerprint density at radius 1 is 1.18 bits per heavy atom. The van der Waals surface area contributed by atoms with E-state index in [9.17, 15) is 5.11 Å². The summed E-state index contributed by atoms with van der Waals surface area (Å²) >= 11 is 3.21. The molecule has 1 aliphatic rings. The molecule has 0 aromatic rings. The molecule has 1 rings (SSSR count). The van der Waals surface area contributed by atoms with Gasteiger partial charge in [0.15, 0.2) is 5.88 Å². The van der Waals surface area contributed by atoms with Crippen molar-refractivity contribution in [2.45, 2.75) is 44.8 Å². The van der Waals surface area contributed by atoms with Gasteiger partial charge in [-0.3, -0.25) is 0 Å². The van der Waals surface area contributed by atoms with Crippen molar-refractivity contribution in [1.29, 1.82) is 0 Å². The van der Waals surface area contributed by atoms with Crippen molar-refractivity contribution < 1.29 is 5.11 Å². The summed E-state index contributed by atoms with van der Waals surface area (Å²) in [6.07, 6.45) is 5.63. The fraction of sp³-hybridized carbons (Fsp3) is 0.769. The molecule has 0 atom stereocenters. The Morgan fingerprint density at radius 3 is 2.24 bits per heavy atom. The summed E-state index contributed by atoms with van der Waals surface area (Å²) in [7, 11) is 0. The molecular formula is C13H23NOS2. The van der Waals surface area contributed by atoms with Crippen molar-refractivity contribution in [1.82, 2.24) is 4.90 Å². The van der Waals surface area contributed by atoms with E-state index in [1.165, 1.54) is 19.3 Å². The van der Waals surface area contributed by atoms with Crippen LogP contribution in [0.1, 0.15) is 40.0 Å². The maximum atomic E-state index is 10.2. The minimum Gasteiger partial charge on any atom is -0.494 e. The van der Waals surface area contributed by atoms with E-state index in [1.54, 1.807) is 23.5 Å². The molecule has 0 spiro atoms. The Morgan fingerprint density at radius 2 is 1.76 bits per heavy atom. The number of nitrogens with zero attached hydrogens (tertiary/aromatic N) is 1. The minimum atomic E-state index is 0.142. The Bertz CT molecular complexity index is 265. The highest BCUT2D eigenvalue weighted by atomic mass is 32.2. The Balaban J connectivity index is 2.61. The summed E-state index contributed by atoms with van der Waals surface area (Å²) in [5.74, 6) is 3.69. The lowest BCUT2D eigenvalue weighted by atomic mass is 10.1. The zero-order chi connectivity index (χ0) is 12.9. The molecule has 2 radical (unpaired) electrons. The number of thioether (sulfide) groups is 2. The van der Waals surface area contributed by atoms with Crippen LogP contribution < -0.4 is 0 Å². The van der Waals surface area contributed by atoms with E-state index < -0.39 is 0 Å². The van der Waals surface area contributed by atoms with Crippen molar-refractivity contribution in [3.8, 4) is 0 Å². The summed E-state index contributed by atoms with van der Waals surface area (Å²) in [6.45, 7) is 8.40. The first kappa shape index (κ1) is 15.1. The molecule has 0 unspecified atom stereocenters. The van der Waals surface area contributed by atoms with Crippen LogP contribution in [0.4, 0.5) is 0 Å². The molecule has 1 fully saturated rings. The van der Waals surface area contributed by atoms with E-state index in [1.807, 2.05) is 6.26 Å². The van der Waals surface area contributed by atoms with Gasteiger partial charge in [-0.2, -0.15) is 0 Å². The number of hydrogen-bond acceptors (Lipinski definition) is 4. The van der Waals surface area contributed by atoms with Crippen molar-refractivity contribution in [2.75, 3.05) is 19.3 Å². The summed E-state index contributed by atoms with van der Waals surface area (Å²) < 4.78 is 0.142. The highest BCUT2D eigenvalue weighted by Gasteiger charge is 2.19. The molecule has 98 valence electrons. The van der Waals surface area contributed by atoms with Gasteiger partial charge in [-0.05, 0) is 25.5 Å². The average molecular weight is 273 g/mol. The summed E-state index contributed by atoms with van der Waals surface area (Å²) in [5, 5.41) is 10.2. The van der Waals surface area contributed by atoms with Crippen LogP contribution in [0.2, 0.25) is 0 Å². The molecule has 1 heterocycles. The van der Waals surface area contributed by atoms with Gasteiger partial charge in [0.05, 0.1) is 10.7 Å². The van der Waals surface area contributed by atoms with E-state index >= 15 is 0 Å². The molecule has 0 aromatic carbocycles. The molecule has 0 aromatic heterocycles. The van der Waals surface area contributed by atoms with Gasteiger partial charge in [-0.25, -0.2) is 0 Å². The molecule has 1 aliphatic heterocycles. The average Bonchev–Trinajstić information content (AvgIpc) is 2.29. The molecule has 0 bridgehead atoms. The van der Waals surface area contributed by atoms with Crippen molar-refractivity contribution in [2.24, 2.45) is 0 Å². The van der Waals surface area contributed by atoms with Crippen LogP contribution >= 0.6 is 23.5 Å². The third-order valence-corrected chi connectivity index (χ3v) is 4.25. The Labute approximate surface area is 114 Å². The van der Waals surface area contributed by atoms with Crippen molar-refractivity contribution in [3.05, 3.63) is 16.5 Å². The second-order valence-electron chi connectivity index (χ2n) is 5.22. The lowest BCUT2D eigenvalue weighted by Gasteiger charge is -2.29. The quantitative estimate of drug-likeness (QED) is 0.778. The summed E-state index contributed by atoms with van der Waals surface area (Å²) in [5.41, 5.74) is 0. The largest absolute Gasteiger partial charge is 0.494 e. The molecule has 0 aliphatic carbocycles. The third kappa shape index (κ3) is 5.47. The highest BCUT2D eigenvalue weighted by Crippen LogP contribution is 2.34. The van der Waals surface area contributed by atoms with Gasteiger partial charge in [0.2, 0.25) is 0 Å². The molecule has 2 nitrogen and oxygen atoms in total. The van der Waals surface area contributed by atoms with E-state index in [2.05, 4.69) is 31.4 Å². The van der Waals surface area contributed by atoms with Crippen LogP contribution in [0.3, 0.4) is 0 Å². The second kappa shape index (κ2) is 6.83. The van der Waals surface area contributed by atoms with E-state index in [4.69, 9.17) is 0 Å². The monoisotopic (exact) mass is 273 g/mol. The van der Waals surface area contributed by atoms with Gasteiger partial charge in [0.25, 0.3) is 0 Å². The number of rotatable bonds is 4. The topological polar surface area (TPSA) is 23.5 Å². The standard InChI is InChI=1S/C13H23NOS2/c1-13(2,3)17-10-11(16-4)12(15)14-8-6-5-7-9-14/h15H,5-9H2,1-4H3/b12-11+. The predicted molar refractivity (Wildman–Crippen MR) is 79.2 cm³/mol. The van der Waals surface area contributed by atoms with E-state index in [0.29, 0.717) is 5.88 Å². The van der Waals surface area contributed by atoms with E-state index in [-0.39, 0.29) is 4.75 Å². The maximum absolute atomic E-state index is 10.2. The first-order valence-corrected chi connectivity index (χ1v) is 8.14. The summed E-state index contributed by atoms with van der Waals surface area (Å²) in [6, 6.07) is 0. The molecule has 17 heavy (non-hydrogen) atoms. The first-order chi connectivity index (χ1) is 7.94. The zero-order valence-electron chi connectivity index (χ0n) is 11.2. The number of piperidine rings is 1. The van der Waals surface area contributed by atoms with Crippen molar-refractivity contribution in [3.63, 3.8) is 0 Å². The van der Waals surface area contributed by atoms with Gasteiger partial charge in [-0.1, -0.05) is 20.8 Å². The highest BCUT2D eigenvalue weighted by molar-refractivity contribution is 8.07. The van der Waals surface area contributed by atoms with Gasteiger partial charge >= 0.3 is 0 Å². The lowest BCUT2D eigenvalue weighted by molar-refractivity contribution is 0.174. The second-order valence-corrected chi connectivity index (χ2v) is 7.67. The zero-order valence-corrected chi connectivity index (χ0v) is 12.9. The van der Waals surface area contributed by atoms with Crippen LogP contribution in [-0.4, -0.2) is 34.1 Å². The first-order valence-electron chi connectivity index (χ1n) is 6.10. The lowest BCUT2D eigenvalue weighted by Crippen LogP contribution is -2.29. The predicted octanol–water partition coefficient (Wildman–Crippen LogP) is 4.13. The van der Waals surface area contributed by atoms with Gasteiger partial charge < -0.3 is 10.0 Å².